The van der Waals surface area contributed by atoms with Crippen molar-refractivity contribution in [2.75, 3.05) is 26.2 Å². The number of benzene rings is 1. The van der Waals surface area contributed by atoms with Crippen molar-refractivity contribution >= 4 is 21.7 Å². The van der Waals surface area contributed by atoms with E-state index in [0.29, 0.717) is 0 Å². The average molecular weight is 274 g/mol. The van der Waals surface area contributed by atoms with Crippen molar-refractivity contribution in [3.63, 3.8) is 0 Å². The van der Waals surface area contributed by atoms with Crippen molar-refractivity contribution in [3.05, 3.63) is 24.3 Å². The maximum Gasteiger partial charge on any atom is 0.332 e. The van der Waals surface area contributed by atoms with Crippen LogP contribution in [0.4, 0.5) is 5.69 Å². The molecule has 0 saturated heterocycles. The van der Waals surface area contributed by atoms with Crippen LogP contribution in [-0.4, -0.2) is 44.5 Å². The minimum atomic E-state index is -3.61. The van der Waals surface area contributed by atoms with E-state index < -0.39 is 22.6 Å². The fourth-order valence-electron chi connectivity index (χ4n) is 1.15. The number of nitrogens with one attached hydrogen (secondary N) is 1. The average Bonchev–Trinajstić information content (AvgIpc) is 2.28. The molecule has 0 aliphatic heterocycles. The van der Waals surface area contributed by atoms with Gasteiger partial charge in [-0.2, -0.15) is 0 Å². The zero-order valence-corrected chi connectivity index (χ0v) is 10.8. The van der Waals surface area contributed by atoms with Gasteiger partial charge >= 0.3 is 5.97 Å². The Balaban J connectivity index is 2.97. The number of carboxylic acids is 1. The molecule has 0 aliphatic rings. The first-order valence-electron chi connectivity index (χ1n) is 4.97. The fraction of sp³-hybridized carbons (Fsp3) is 0.300. The van der Waals surface area contributed by atoms with Crippen LogP contribution in [0.3, 0.4) is 0 Å². The molecular formula is C10H14N2O5S. The molecule has 0 heterocycles. The van der Waals surface area contributed by atoms with E-state index in [4.69, 9.17) is 5.11 Å². The lowest BCUT2D eigenvalue weighted by atomic mass is 10.3. The number of carbonyl (C=O) groups is 1. The van der Waals surface area contributed by atoms with Crippen LogP contribution < -0.4 is 5.48 Å². The molecule has 18 heavy (non-hydrogen) atoms. The van der Waals surface area contributed by atoms with E-state index in [9.17, 15) is 13.2 Å². The van der Waals surface area contributed by atoms with Crippen molar-refractivity contribution in [2.45, 2.75) is 4.90 Å². The van der Waals surface area contributed by atoms with E-state index in [-0.39, 0.29) is 10.6 Å². The Labute approximate surface area is 105 Å². The summed E-state index contributed by atoms with van der Waals surface area (Å²) in [4.78, 5) is 15.0. The van der Waals surface area contributed by atoms with Crippen LogP contribution in [0, 0.1) is 0 Å². The summed E-state index contributed by atoms with van der Waals surface area (Å²) in [5.74, 6) is -1.16. The van der Waals surface area contributed by atoms with Gasteiger partial charge in [0.05, 0.1) is 5.69 Å². The summed E-state index contributed by atoms with van der Waals surface area (Å²) in [6.45, 7) is -0.573. The van der Waals surface area contributed by atoms with Crippen molar-refractivity contribution in [1.82, 2.24) is 4.31 Å². The zero-order chi connectivity index (χ0) is 13.8. The second-order valence-electron chi connectivity index (χ2n) is 3.57. The fourth-order valence-corrected chi connectivity index (χ4v) is 2.18. The zero-order valence-electron chi connectivity index (χ0n) is 9.95. The van der Waals surface area contributed by atoms with Gasteiger partial charge in [-0.1, -0.05) is 12.1 Å². The monoisotopic (exact) mass is 274 g/mol. The lowest BCUT2D eigenvalue weighted by Gasteiger charge is -2.15. The third-order valence-electron chi connectivity index (χ3n) is 2.02. The number of hydrogen-bond acceptors (Lipinski definition) is 5. The van der Waals surface area contributed by atoms with Crippen molar-refractivity contribution in [2.24, 2.45) is 0 Å². The molecule has 0 amide bonds. The van der Waals surface area contributed by atoms with E-state index in [0.717, 1.165) is 4.31 Å². The summed E-state index contributed by atoms with van der Waals surface area (Å²) in [6, 6.07) is 6.07. The molecule has 8 heteroatoms. The summed E-state index contributed by atoms with van der Waals surface area (Å²) < 4.78 is 25.0. The van der Waals surface area contributed by atoms with E-state index >= 15 is 0 Å². The number of aliphatic carboxylic acids is 1. The van der Waals surface area contributed by atoms with Gasteiger partial charge in [-0.25, -0.2) is 17.5 Å². The first-order valence-corrected chi connectivity index (χ1v) is 6.41. The molecule has 1 rings (SSSR count). The van der Waals surface area contributed by atoms with Crippen LogP contribution in [0.1, 0.15) is 0 Å². The van der Waals surface area contributed by atoms with Crippen LogP contribution in [0.5, 0.6) is 0 Å². The van der Waals surface area contributed by atoms with Crippen LogP contribution in [-0.2, 0) is 19.7 Å². The predicted octanol–water partition coefficient (Wildman–Crippen LogP) is 0.365. The Hall–Kier alpha value is -1.64. The molecule has 2 N–H and O–H groups in total. The van der Waals surface area contributed by atoms with Crippen LogP contribution in [0.25, 0.3) is 0 Å². The lowest BCUT2D eigenvalue weighted by molar-refractivity contribution is -0.141. The summed E-state index contributed by atoms with van der Waals surface area (Å²) >= 11 is 0. The van der Waals surface area contributed by atoms with E-state index in [1.54, 1.807) is 12.1 Å². The van der Waals surface area contributed by atoms with Gasteiger partial charge in [0.1, 0.15) is 4.90 Å². The summed E-state index contributed by atoms with van der Waals surface area (Å²) in [7, 11) is -0.801. The SMILES string of the molecule is CN(C)S(=O)(=O)c1ccccc1NOCC(=O)O. The van der Waals surface area contributed by atoms with Gasteiger partial charge in [-0.15, -0.1) is 0 Å². The Morgan fingerprint density at radius 1 is 1.39 bits per heavy atom. The van der Waals surface area contributed by atoms with Gasteiger partial charge in [0, 0.05) is 14.1 Å². The maximum atomic E-state index is 12.0. The second-order valence-corrected chi connectivity index (χ2v) is 5.69. The number of sulfonamides is 1. The van der Waals surface area contributed by atoms with Crippen LogP contribution >= 0.6 is 0 Å². The minimum Gasteiger partial charge on any atom is -0.479 e. The number of hydrogen-bond donors (Lipinski definition) is 2. The first kappa shape index (κ1) is 14.4. The molecule has 0 aromatic heterocycles. The lowest BCUT2D eigenvalue weighted by Crippen LogP contribution is -2.23. The number of anilines is 1. The van der Waals surface area contributed by atoms with Crippen molar-refractivity contribution < 1.29 is 23.2 Å². The first-order chi connectivity index (χ1) is 8.35. The maximum absolute atomic E-state index is 12.0. The third kappa shape index (κ3) is 3.42. The van der Waals surface area contributed by atoms with Crippen LogP contribution in [0.15, 0.2) is 29.2 Å². The van der Waals surface area contributed by atoms with E-state index in [1.807, 2.05) is 0 Å². The molecule has 0 radical (unpaired) electrons. The quantitative estimate of drug-likeness (QED) is 0.727. The van der Waals surface area contributed by atoms with Gasteiger partial charge in [0.25, 0.3) is 0 Å². The second kappa shape index (κ2) is 5.80. The Bertz CT molecular complexity index is 527. The van der Waals surface area contributed by atoms with Crippen molar-refractivity contribution in [3.8, 4) is 0 Å². The molecule has 0 bridgehead atoms. The molecule has 0 unspecified atom stereocenters. The number of rotatable bonds is 6. The molecule has 1 aromatic carbocycles. The molecule has 1 aromatic rings. The Morgan fingerprint density at radius 3 is 2.56 bits per heavy atom. The highest BCUT2D eigenvalue weighted by Gasteiger charge is 2.20. The summed E-state index contributed by atoms with van der Waals surface area (Å²) in [5, 5.41) is 8.42. The topological polar surface area (TPSA) is 95.9 Å². The van der Waals surface area contributed by atoms with Gasteiger partial charge in [0.2, 0.25) is 10.0 Å². The molecule has 0 saturated carbocycles. The summed E-state index contributed by atoms with van der Waals surface area (Å²) in [5.41, 5.74) is 2.51. The van der Waals surface area contributed by atoms with Gasteiger partial charge in [0.15, 0.2) is 6.61 Å². The highest BCUT2D eigenvalue weighted by Crippen LogP contribution is 2.22. The predicted molar refractivity (Wildman–Crippen MR) is 64.5 cm³/mol. The van der Waals surface area contributed by atoms with Gasteiger partial charge < -0.3 is 5.11 Å². The van der Waals surface area contributed by atoms with E-state index in [2.05, 4.69) is 10.3 Å². The number of nitrogens with zero attached hydrogens (tertiary/aromatic N) is 1. The Kier molecular flexibility index (Phi) is 4.65. The number of carboxylic acid groups (broad SMARTS) is 1. The molecule has 0 spiro atoms. The third-order valence-corrected chi connectivity index (χ3v) is 3.90. The normalized spacial score (nSPS) is 11.5. The highest BCUT2D eigenvalue weighted by molar-refractivity contribution is 7.89. The minimum absolute atomic E-state index is 0.0142. The van der Waals surface area contributed by atoms with E-state index in [1.165, 1.54) is 26.2 Å². The molecule has 7 nitrogen and oxygen atoms in total. The van der Waals surface area contributed by atoms with Gasteiger partial charge in [-0.3, -0.25) is 10.3 Å². The molecule has 0 aliphatic carbocycles. The molecule has 0 atom stereocenters. The standard InChI is InChI=1S/C10H14N2O5S/c1-12(2)18(15,16)9-6-4-3-5-8(9)11-17-7-10(13)14/h3-6,11H,7H2,1-2H3,(H,13,14). The smallest absolute Gasteiger partial charge is 0.332 e. The molecule has 100 valence electrons. The largest absolute Gasteiger partial charge is 0.479 e. The molecular weight excluding hydrogens is 260 g/mol. The highest BCUT2D eigenvalue weighted by atomic mass is 32.2. The van der Waals surface area contributed by atoms with Gasteiger partial charge in [-0.05, 0) is 12.1 Å². The Morgan fingerprint density at radius 2 is 2.00 bits per heavy atom. The van der Waals surface area contributed by atoms with Crippen molar-refractivity contribution in [1.29, 1.82) is 0 Å². The van der Waals surface area contributed by atoms with Crippen LogP contribution in [0.2, 0.25) is 0 Å². The number of para-hydroxylation sites is 1. The summed E-state index contributed by atoms with van der Waals surface area (Å²) in [6.07, 6.45) is 0. The molecule has 0 fully saturated rings.